The van der Waals surface area contributed by atoms with Gasteiger partial charge in [-0.3, -0.25) is 4.79 Å². The molecule has 27 heavy (non-hydrogen) atoms. The Morgan fingerprint density at radius 1 is 1.07 bits per heavy atom. The van der Waals surface area contributed by atoms with Gasteiger partial charge in [0.25, 0.3) is 0 Å². The standard InChI is InChI=1S/C18H17ClF2N2O3S/c19-13-1-6-16(21)17(11-13)22-18(24)12-7-9-23(10-8-12)27(25,26)15-4-2-14(20)3-5-15/h1-6,11-12H,7-10H2,(H,22,24). The van der Waals surface area contributed by atoms with E-state index in [0.29, 0.717) is 17.9 Å². The summed E-state index contributed by atoms with van der Waals surface area (Å²) in [6, 6.07) is 8.47. The van der Waals surface area contributed by atoms with Crippen LogP contribution in [-0.4, -0.2) is 31.7 Å². The van der Waals surface area contributed by atoms with Crippen molar-refractivity contribution in [3.05, 3.63) is 59.1 Å². The van der Waals surface area contributed by atoms with Gasteiger partial charge in [0.2, 0.25) is 15.9 Å². The second kappa shape index (κ2) is 7.92. The van der Waals surface area contributed by atoms with Crippen LogP contribution < -0.4 is 5.32 Å². The van der Waals surface area contributed by atoms with Gasteiger partial charge in [-0.2, -0.15) is 4.31 Å². The summed E-state index contributed by atoms with van der Waals surface area (Å²) in [6.45, 7) is 0.297. The molecule has 0 spiro atoms. The summed E-state index contributed by atoms with van der Waals surface area (Å²) in [4.78, 5) is 12.4. The molecule has 0 bridgehead atoms. The molecule has 2 aromatic carbocycles. The molecule has 0 aliphatic carbocycles. The molecule has 1 heterocycles. The molecule has 1 aliphatic rings. The average Bonchev–Trinajstić information content (AvgIpc) is 2.65. The molecular formula is C18H17ClF2N2O3S. The van der Waals surface area contributed by atoms with Crippen molar-refractivity contribution in [1.29, 1.82) is 0 Å². The van der Waals surface area contributed by atoms with Crippen molar-refractivity contribution in [1.82, 2.24) is 4.31 Å². The molecule has 9 heteroatoms. The third kappa shape index (κ3) is 4.45. The van der Waals surface area contributed by atoms with E-state index in [-0.39, 0.29) is 29.6 Å². The maximum Gasteiger partial charge on any atom is 0.243 e. The highest BCUT2D eigenvalue weighted by Gasteiger charge is 2.32. The van der Waals surface area contributed by atoms with E-state index < -0.39 is 27.6 Å². The first kappa shape index (κ1) is 19.7. The molecule has 2 aromatic rings. The maximum absolute atomic E-state index is 13.7. The number of nitrogens with one attached hydrogen (secondary N) is 1. The van der Waals surface area contributed by atoms with E-state index >= 15 is 0 Å². The highest BCUT2D eigenvalue weighted by molar-refractivity contribution is 7.89. The van der Waals surface area contributed by atoms with Crippen molar-refractivity contribution in [3.8, 4) is 0 Å². The Kier molecular flexibility index (Phi) is 5.78. The van der Waals surface area contributed by atoms with Crippen LogP contribution in [-0.2, 0) is 14.8 Å². The Balaban J connectivity index is 1.63. The molecular weight excluding hydrogens is 398 g/mol. The lowest BCUT2D eigenvalue weighted by atomic mass is 9.97. The van der Waals surface area contributed by atoms with E-state index in [2.05, 4.69) is 5.32 Å². The van der Waals surface area contributed by atoms with Crippen LogP contribution in [0.2, 0.25) is 5.02 Å². The van der Waals surface area contributed by atoms with Crippen LogP contribution in [0.1, 0.15) is 12.8 Å². The van der Waals surface area contributed by atoms with Gasteiger partial charge in [-0.05, 0) is 55.3 Å². The molecule has 1 saturated heterocycles. The highest BCUT2D eigenvalue weighted by atomic mass is 35.5. The topological polar surface area (TPSA) is 66.5 Å². The maximum atomic E-state index is 13.7. The molecule has 0 unspecified atom stereocenters. The van der Waals surface area contributed by atoms with E-state index in [1.165, 1.54) is 28.6 Å². The van der Waals surface area contributed by atoms with Gasteiger partial charge in [0.1, 0.15) is 11.6 Å². The number of halogens is 3. The van der Waals surface area contributed by atoms with Crippen LogP contribution in [0.4, 0.5) is 14.5 Å². The third-order valence-corrected chi connectivity index (χ3v) is 6.61. The van der Waals surface area contributed by atoms with E-state index in [0.717, 1.165) is 18.2 Å². The Bertz CT molecular complexity index is 944. The number of nitrogens with zero attached hydrogens (tertiary/aromatic N) is 1. The summed E-state index contributed by atoms with van der Waals surface area (Å²) in [5.74, 6) is -1.93. The van der Waals surface area contributed by atoms with Crippen molar-refractivity contribution < 1.29 is 22.0 Å². The van der Waals surface area contributed by atoms with Crippen molar-refractivity contribution in [2.75, 3.05) is 18.4 Å². The normalized spacial score (nSPS) is 16.3. The van der Waals surface area contributed by atoms with E-state index in [1.54, 1.807) is 0 Å². The van der Waals surface area contributed by atoms with Crippen LogP contribution in [0.5, 0.6) is 0 Å². The third-order valence-electron chi connectivity index (χ3n) is 4.46. The van der Waals surface area contributed by atoms with Crippen molar-refractivity contribution in [2.24, 2.45) is 5.92 Å². The number of piperidine rings is 1. The van der Waals surface area contributed by atoms with E-state index in [9.17, 15) is 22.0 Å². The molecule has 0 radical (unpaired) electrons. The van der Waals surface area contributed by atoms with Crippen molar-refractivity contribution in [2.45, 2.75) is 17.7 Å². The number of benzene rings is 2. The molecule has 3 rings (SSSR count). The van der Waals surface area contributed by atoms with Crippen molar-refractivity contribution >= 4 is 33.2 Å². The van der Waals surface area contributed by atoms with Crippen molar-refractivity contribution in [3.63, 3.8) is 0 Å². The average molecular weight is 415 g/mol. The first-order valence-corrected chi connectivity index (χ1v) is 10.1. The number of hydrogen-bond donors (Lipinski definition) is 1. The predicted molar refractivity (Wildman–Crippen MR) is 97.9 cm³/mol. The smallest absolute Gasteiger partial charge is 0.243 e. The minimum atomic E-state index is -3.74. The van der Waals surface area contributed by atoms with Gasteiger partial charge in [-0.1, -0.05) is 11.6 Å². The number of amides is 1. The predicted octanol–water partition coefficient (Wildman–Crippen LogP) is 3.66. The van der Waals surface area contributed by atoms with Crippen LogP contribution in [0.3, 0.4) is 0 Å². The monoisotopic (exact) mass is 414 g/mol. The van der Waals surface area contributed by atoms with E-state index in [1.807, 2.05) is 0 Å². The van der Waals surface area contributed by atoms with Gasteiger partial charge in [0.05, 0.1) is 10.6 Å². The molecule has 0 aromatic heterocycles. The molecule has 5 nitrogen and oxygen atoms in total. The number of carbonyl (C=O) groups excluding carboxylic acids is 1. The summed E-state index contributed by atoms with van der Waals surface area (Å²) in [6.07, 6.45) is 0.600. The molecule has 0 atom stereocenters. The minimum Gasteiger partial charge on any atom is -0.323 e. The molecule has 144 valence electrons. The first-order chi connectivity index (χ1) is 12.8. The fourth-order valence-corrected chi connectivity index (χ4v) is 4.58. The Labute approximate surface area is 161 Å². The fourth-order valence-electron chi connectivity index (χ4n) is 2.94. The summed E-state index contributed by atoms with van der Waals surface area (Å²) >= 11 is 5.81. The second-order valence-corrected chi connectivity index (χ2v) is 8.62. The van der Waals surface area contributed by atoms with E-state index in [4.69, 9.17) is 11.6 Å². The summed E-state index contributed by atoms with van der Waals surface area (Å²) in [7, 11) is -3.74. The highest BCUT2D eigenvalue weighted by Crippen LogP contribution is 2.26. The zero-order valence-corrected chi connectivity index (χ0v) is 15.7. The first-order valence-electron chi connectivity index (χ1n) is 8.29. The summed E-state index contributed by atoms with van der Waals surface area (Å²) in [5, 5.41) is 2.80. The summed E-state index contributed by atoms with van der Waals surface area (Å²) in [5.41, 5.74) is -0.00568. The quantitative estimate of drug-likeness (QED) is 0.830. The lowest BCUT2D eigenvalue weighted by Crippen LogP contribution is -2.41. The number of anilines is 1. The Hall–Kier alpha value is -2.03. The molecule has 1 aliphatic heterocycles. The SMILES string of the molecule is O=C(Nc1cc(Cl)ccc1F)C1CCN(S(=O)(=O)c2ccc(F)cc2)CC1. The van der Waals surface area contributed by atoms with Gasteiger partial charge >= 0.3 is 0 Å². The molecule has 1 N–H and O–H groups in total. The molecule has 1 fully saturated rings. The van der Waals surface area contributed by atoms with Gasteiger partial charge < -0.3 is 5.32 Å². The number of hydrogen-bond acceptors (Lipinski definition) is 3. The zero-order chi connectivity index (χ0) is 19.6. The molecule has 1 amide bonds. The number of sulfonamides is 1. The second-order valence-electron chi connectivity index (χ2n) is 6.25. The molecule has 0 saturated carbocycles. The fraction of sp³-hybridized carbons (Fsp3) is 0.278. The van der Waals surface area contributed by atoms with Gasteiger partial charge in [0.15, 0.2) is 0 Å². The number of rotatable bonds is 4. The zero-order valence-electron chi connectivity index (χ0n) is 14.2. The van der Waals surface area contributed by atoms with Gasteiger partial charge in [0, 0.05) is 24.0 Å². The lowest BCUT2D eigenvalue weighted by molar-refractivity contribution is -0.120. The Morgan fingerprint density at radius 2 is 1.70 bits per heavy atom. The number of carbonyl (C=O) groups is 1. The summed E-state index contributed by atoms with van der Waals surface area (Å²) < 4.78 is 53.2. The van der Waals surface area contributed by atoms with Crippen LogP contribution >= 0.6 is 11.6 Å². The van der Waals surface area contributed by atoms with Crippen LogP contribution in [0.25, 0.3) is 0 Å². The largest absolute Gasteiger partial charge is 0.323 e. The van der Waals surface area contributed by atoms with Gasteiger partial charge in [-0.15, -0.1) is 0 Å². The minimum absolute atomic E-state index is 0.00568. The lowest BCUT2D eigenvalue weighted by Gasteiger charge is -2.30. The van der Waals surface area contributed by atoms with Crippen LogP contribution in [0.15, 0.2) is 47.4 Å². The van der Waals surface area contributed by atoms with Gasteiger partial charge in [-0.25, -0.2) is 17.2 Å². The van der Waals surface area contributed by atoms with Crippen LogP contribution in [0, 0.1) is 17.6 Å². The Morgan fingerprint density at radius 3 is 2.33 bits per heavy atom.